The molecule has 0 saturated heterocycles. The molecule has 0 aromatic carbocycles. The van der Waals surface area contributed by atoms with Gasteiger partial charge in [-0.2, -0.15) is 5.26 Å². The molecule has 0 bridgehead atoms. The van der Waals surface area contributed by atoms with Gasteiger partial charge in [-0.3, -0.25) is 15.1 Å². The van der Waals surface area contributed by atoms with Gasteiger partial charge in [-0.15, -0.1) is 0 Å². The molecule has 19 heavy (non-hydrogen) atoms. The molecule has 7 heteroatoms. The number of nitro groups is 1. The third-order valence-corrected chi connectivity index (χ3v) is 2.37. The van der Waals surface area contributed by atoms with Crippen LogP contribution in [0.2, 0.25) is 0 Å². The number of aromatic nitrogens is 2. The normalized spacial score (nSPS) is 9.63. The van der Waals surface area contributed by atoms with Crippen molar-refractivity contribution in [3.05, 3.63) is 58.0 Å². The van der Waals surface area contributed by atoms with Crippen molar-refractivity contribution in [2.45, 2.75) is 6.54 Å². The lowest BCUT2D eigenvalue weighted by atomic mass is 10.3. The largest absolute Gasteiger partial charge is 0.366 e. The van der Waals surface area contributed by atoms with Gasteiger partial charge in [-0.05, 0) is 17.7 Å². The number of pyridine rings is 2. The first kappa shape index (κ1) is 12.4. The standard InChI is InChI=1S/C12H9N5O2/c13-6-10-11(17(18)19)3-4-12(16-10)15-8-9-2-1-5-14-7-9/h1-5,7H,8H2,(H,15,16). The molecule has 1 N–H and O–H groups in total. The first-order valence-electron chi connectivity index (χ1n) is 5.39. The lowest BCUT2D eigenvalue weighted by molar-refractivity contribution is -0.385. The Labute approximate surface area is 108 Å². The molecule has 0 radical (unpaired) electrons. The zero-order chi connectivity index (χ0) is 13.7. The fourth-order valence-corrected chi connectivity index (χ4v) is 1.48. The van der Waals surface area contributed by atoms with E-state index in [-0.39, 0.29) is 11.4 Å². The zero-order valence-corrected chi connectivity index (χ0v) is 9.78. The van der Waals surface area contributed by atoms with Crippen molar-refractivity contribution in [1.82, 2.24) is 9.97 Å². The van der Waals surface area contributed by atoms with Gasteiger partial charge in [0.05, 0.1) is 4.92 Å². The van der Waals surface area contributed by atoms with Crippen LogP contribution in [0.3, 0.4) is 0 Å². The number of nitrogens with zero attached hydrogens (tertiary/aromatic N) is 4. The highest BCUT2D eigenvalue weighted by Crippen LogP contribution is 2.18. The van der Waals surface area contributed by atoms with E-state index in [1.165, 1.54) is 12.1 Å². The van der Waals surface area contributed by atoms with Gasteiger partial charge in [-0.1, -0.05) is 6.07 Å². The van der Waals surface area contributed by atoms with Crippen molar-refractivity contribution in [3.63, 3.8) is 0 Å². The van der Waals surface area contributed by atoms with Crippen molar-refractivity contribution in [2.24, 2.45) is 0 Å². The molecular weight excluding hydrogens is 246 g/mol. The Hall–Kier alpha value is -3.01. The number of hydrogen-bond donors (Lipinski definition) is 1. The lowest BCUT2D eigenvalue weighted by Crippen LogP contribution is -2.04. The van der Waals surface area contributed by atoms with Crippen LogP contribution in [0.15, 0.2) is 36.7 Å². The maximum Gasteiger partial charge on any atom is 0.305 e. The molecule has 0 atom stereocenters. The molecule has 2 aromatic rings. The summed E-state index contributed by atoms with van der Waals surface area (Å²) in [6, 6.07) is 8.13. The van der Waals surface area contributed by atoms with Gasteiger partial charge >= 0.3 is 5.69 Å². The third-order valence-electron chi connectivity index (χ3n) is 2.37. The molecule has 0 aliphatic carbocycles. The van der Waals surface area contributed by atoms with E-state index in [1.807, 2.05) is 6.07 Å². The molecule has 94 valence electrons. The lowest BCUT2D eigenvalue weighted by Gasteiger charge is -2.05. The Kier molecular flexibility index (Phi) is 3.64. The molecule has 0 fully saturated rings. The van der Waals surface area contributed by atoms with Gasteiger partial charge in [0.25, 0.3) is 0 Å². The highest BCUT2D eigenvalue weighted by Gasteiger charge is 2.15. The average Bonchev–Trinajstić information content (AvgIpc) is 2.45. The smallest absolute Gasteiger partial charge is 0.305 e. The molecule has 0 saturated carbocycles. The van der Waals surface area contributed by atoms with E-state index in [1.54, 1.807) is 24.5 Å². The van der Waals surface area contributed by atoms with Gasteiger partial charge in [-0.25, -0.2) is 4.98 Å². The minimum Gasteiger partial charge on any atom is -0.366 e. The summed E-state index contributed by atoms with van der Waals surface area (Å²) in [7, 11) is 0. The van der Waals surface area contributed by atoms with Crippen molar-refractivity contribution >= 4 is 11.5 Å². The SMILES string of the molecule is N#Cc1nc(NCc2cccnc2)ccc1[N+](=O)[O-]. The summed E-state index contributed by atoms with van der Waals surface area (Å²) in [5.74, 6) is 0.408. The van der Waals surface area contributed by atoms with E-state index >= 15 is 0 Å². The number of hydrogen-bond acceptors (Lipinski definition) is 6. The molecule has 0 aliphatic rings. The second kappa shape index (κ2) is 5.55. The second-order valence-corrected chi connectivity index (χ2v) is 3.65. The van der Waals surface area contributed by atoms with Crippen molar-refractivity contribution in [3.8, 4) is 6.07 Å². The molecule has 0 spiro atoms. The molecule has 2 aromatic heterocycles. The molecule has 7 nitrogen and oxygen atoms in total. The summed E-state index contributed by atoms with van der Waals surface area (Å²) in [6.45, 7) is 0.476. The van der Waals surface area contributed by atoms with Gasteiger partial charge in [0.1, 0.15) is 11.9 Å². The predicted molar refractivity (Wildman–Crippen MR) is 67.2 cm³/mol. The van der Waals surface area contributed by atoms with E-state index in [2.05, 4.69) is 15.3 Å². The summed E-state index contributed by atoms with van der Waals surface area (Å²) < 4.78 is 0. The maximum absolute atomic E-state index is 10.7. The van der Waals surface area contributed by atoms with Gasteiger partial charge in [0.15, 0.2) is 0 Å². The first-order valence-corrected chi connectivity index (χ1v) is 5.39. The van der Waals surface area contributed by atoms with E-state index in [0.717, 1.165) is 5.56 Å². The van der Waals surface area contributed by atoms with Crippen LogP contribution < -0.4 is 5.32 Å². The van der Waals surface area contributed by atoms with E-state index in [4.69, 9.17) is 5.26 Å². The van der Waals surface area contributed by atoms with Crippen LogP contribution in [-0.2, 0) is 6.54 Å². The average molecular weight is 255 g/mol. The van der Waals surface area contributed by atoms with Gasteiger partial charge < -0.3 is 5.32 Å². The highest BCUT2D eigenvalue weighted by molar-refractivity contribution is 5.50. The van der Waals surface area contributed by atoms with Crippen molar-refractivity contribution in [2.75, 3.05) is 5.32 Å². The summed E-state index contributed by atoms with van der Waals surface area (Å²) in [5, 5.41) is 22.5. The van der Waals surface area contributed by atoms with E-state index in [9.17, 15) is 10.1 Å². The topological polar surface area (TPSA) is 105 Å². The van der Waals surface area contributed by atoms with Crippen LogP contribution in [-0.4, -0.2) is 14.9 Å². The van der Waals surface area contributed by atoms with Crippen molar-refractivity contribution in [1.29, 1.82) is 5.26 Å². The highest BCUT2D eigenvalue weighted by atomic mass is 16.6. The van der Waals surface area contributed by atoms with Gasteiger partial charge in [0, 0.05) is 25.0 Å². The summed E-state index contributed by atoms with van der Waals surface area (Å²) in [5.41, 5.74) is 0.441. The second-order valence-electron chi connectivity index (χ2n) is 3.65. The summed E-state index contributed by atoms with van der Waals surface area (Å²) in [6.07, 6.45) is 3.37. The molecule has 0 amide bonds. The minimum atomic E-state index is -0.629. The Morgan fingerprint density at radius 3 is 2.89 bits per heavy atom. The maximum atomic E-state index is 10.7. The molecule has 0 unspecified atom stereocenters. The number of nitriles is 1. The Balaban J connectivity index is 2.14. The summed E-state index contributed by atoms with van der Waals surface area (Å²) >= 11 is 0. The molecule has 2 heterocycles. The number of nitrogens with one attached hydrogen (secondary N) is 1. The molecule has 2 rings (SSSR count). The Morgan fingerprint density at radius 2 is 2.26 bits per heavy atom. The van der Waals surface area contributed by atoms with Crippen LogP contribution in [0, 0.1) is 21.4 Å². The fraction of sp³-hybridized carbons (Fsp3) is 0.0833. The van der Waals surface area contributed by atoms with Crippen LogP contribution in [0.5, 0.6) is 0 Å². The summed E-state index contributed by atoms with van der Waals surface area (Å²) in [4.78, 5) is 17.9. The predicted octanol–water partition coefficient (Wildman–Crippen LogP) is 1.87. The number of rotatable bonds is 4. The van der Waals surface area contributed by atoms with Crippen LogP contribution in [0.4, 0.5) is 11.5 Å². The van der Waals surface area contributed by atoms with Crippen molar-refractivity contribution < 1.29 is 4.92 Å². The van der Waals surface area contributed by atoms with Crippen LogP contribution in [0.1, 0.15) is 11.3 Å². The number of anilines is 1. The Morgan fingerprint density at radius 1 is 1.42 bits per heavy atom. The minimum absolute atomic E-state index is 0.207. The first-order chi connectivity index (χ1) is 9.20. The zero-order valence-electron chi connectivity index (χ0n) is 9.78. The Bertz CT molecular complexity index is 636. The molecular formula is C12H9N5O2. The van der Waals surface area contributed by atoms with Gasteiger partial charge in [0.2, 0.25) is 5.69 Å². The van der Waals surface area contributed by atoms with Crippen LogP contribution in [0.25, 0.3) is 0 Å². The molecule has 0 aliphatic heterocycles. The van der Waals surface area contributed by atoms with Crippen LogP contribution >= 0.6 is 0 Å². The fourth-order valence-electron chi connectivity index (χ4n) is 1.48. The quantitative estimate of drug-likeness (QED) is 0.660. The monoisotopic (exact) mass is 255 g/mol. The third kappa shape index (κ3) is 3.01. The van der Waals surface area contributed by atoms with E-state index in [0.29, 0.717) is 12.4 Å². The van der Waals surface area contributed by atoms with E-state index < -0.39 is 4.92 Å².